The van der Waals surface area contributed by atoms with Crippen molar-refractivity contribution in [3.63, 3.8) is 0 Å². The second-order valence-electron chi connectivity index (χ2n) is 4.06. The van der Waals surface area contributed by atoms with Gasteiger partial charge in [-0.3, -0.25) is 0 Å². The van der Waals surface area contributed by atoms with Gasteiger partial charge in [0.1, 0.15) is 0 Å². The summed E-state index contributed by atoms with van der Waals surface area (Å²) in [5.74, 6) is 1.95. The average molecular weight is 154 g/mol. The Balaban J connectivity index is 2.00. The summed E-state index contributed by atoms with van der Waals surface area (Å²) in [5, 5.41) is 0. The van der Waals surface area contributed by atoms with E-state index in [1.54, 1.807) is 0 Å². The summed E-state index contributed by atoms with van der Waals surface area (Å²) in [7, 11) is 1.88. The third-order valence-corrected chi connectivity index (χ3v) is 3.56. The van der Waals surface area contributed by atoms with Crippen LogP contribution >= 0.6 is 0 Å². The lowest BCUT2D eigenvalue weighted by molar-refractivity contribution is 0.00712. The van der Waals surface area contributed by atoms with Crippen LogP contribution in [0.3, 0.4) is 0 Å². The first kappa shape index (κ1) is 7.60. The van der Waals surface area contributed by atoms with Gasteiger partial charge in [-0.1, -0.05) is 19.3 Å². The Morgan fingerprint density at radius 3 is 2.45 bits per heavy atom. The molecule has 3 unspecified atom stereocenters. The Kier molecular flexibility index (Phi) is 2.17. The van der Waals surface area contributed by atoms with Gasteiger partial charge in [-0.2, -0.15) is 0 Å². The molecule has 0 N–H and O–H groups in total. The predicted octanol–water partition coefficient (Wildman–Crippen LogP) is 2.60. The van der Waals surface area contributed by atoms with Crippen LogP contribution in [0.1, 0.15) is 38.5 Å². The van der Waals surface area contributed by atoms with Crippen LogP contribution < -0.4 is 0 Å². The van der Waals surface area contributed by atoms with Gasteiger partial charge in [0, 0.05) is 7.11 Å². The maximum Gasteiger partial charge on any atom is 0.0602 e. The molecule has 2 rings (SSSR count). The maximum atomic E-state index is 5.51. The second-order valence-corrected chi connectivity index (χ2v) is 4.06. The summed E-state index contributed by atoms with van der Waals surface area (Å²) in [6.45, 7) is 0. The van der Waals surface area contributed by atoms with Gasteiger partial charge in [0.2, 0.25) is 0 Å². The summed E-state index contributed by atoms with van der Waals surface area (Å²) in [5.41, 5.74) is 0. The van der Waals surface area contributed by atoms with E-state index in [-0.39, 0.29) is 0 Å². The van der Waals surface area contributed by atoms with Gasteiger partial charge in [-0.15, -0.1) is 0 Å². The Hall–Kier alpha value is -0.0400. The molecule has 0 aromatic heterocycles. The van der Waals surface area contributed by atoms with Crippen LogP contribution in [0.2, 0.25) is 0 Å². The van der Waals surface area contributed by atoms with Gasteiger partial charge >= 0.3 is 0 Å². The van der Waals surface area contributed by atoms with Crippen molar-refractivity contribution < 1.29 is 4.74 Å². The monoisotopic (exact) mass is 154 g/mol. The minimum atomic E-state index is 0.608. The van der Waals surface area contributed by atoms with Gasteiger partial charge in [0.25, 0.3) is 0 Å². The molecule has 2 fully saturated rings. The van der Waals surface area contributed by atoms with Gasteiger partial charge in [-0.25, -0.2) is 0 Å². The molecule has 0 amide bonds. The third-order valence-electron chi connectivity index (χ3n) is 3.56. The number of hydrogen-bond donors (Lipinski definition) is 0. The van der Waals surface area contributed by atoms with Crippen molar-refractivity contribution >= 4 is 0 Å². The van der Waals surface area contributed by atoms with Crippen LogP contribution in [-0.2, 0) is 4.74 Å². The second kappa shape index (κ2) is 3.14. The fourth-order valence-electron chi connectivity index (χ4n) is 3.00. The minimum Gasteiger partial charge on any atom is -0.381 e. The normalized spacial score (nSPS) is 43.9. The highest BCUT2D eigenvalue weighted by Crippen LogP contribution is 2.42. The predicted molar refractivity (Wildman–Crippen MR) is 45.5 cm³/mol. The van der Waals surface area contributed by atoms with Crippen LogP contribution in [0.4, 0.5) is 0 Å². The largest absolute Gasteiger partial charge is 0.381 e. The van der Waals surface area contributed by atoms with E-state index in [0.29, 0.717) is 6.10 Å². The zero-order chi connectivity index (χ0) is 7.68. The Bertz CT molecular complexity index is 133. The molecular weight excluding hydrogens is 136 g/mol. The minimum absolute atomic E-state index is 0.608. The van der Waals surface area contributed by atoms with Gasteiger partial charge < -0.3 is 4.74 Å². The zero-order valence-corrected chi connectivity index (χ0v) is 7.38. The van der Waals surface area contributed by atoms with Crippen LogP contribution in [0.15, 0.2) is 0 Å². The molecule has 0 radical (unpaired) electrons. The summed E-state index contributed by atoms with van der Waals surface area (Å²) in [4.78, 5) is 0. The van der Waals surface area contributed by atoms with Crippen molar-refractivity contribution in [2.45, 2.75) is 44.6 Å². The van der Waals surface area contributed by atoms with Crippen molar-refractivity contribution in [3.8, 4) is 0 Å². The molecule has 2 saturated carbocycles. The molecule has 2 aliphatic carbocycles. The quantitative estimate of drug-likeness (QED) is 0.564. The first-order valence-corrected chi connectivity index (χ1v) is 4.94. The van der Waals surface area contributed by atoms with Crippen molar-refractivity contribution in [1.82, 2.24) is 0 Å². The summed E-state index contributed by atoms with van der Waals surface area (Å²) in [6.07, 6.45) is 9.17. The first-order chi connectivity index (χ1) is 5.42. The lowest BCUT2D eigenvalue weighted by atomic mass is 9.79. The van der Waals surface area contributed by atoms with E-state index in [9.17, 15) is 0 Å². The van der Waals surface area contributed by atoms with Crippen molar-refractivity contribution in [2.75, 3.05) is 7.11 Å². The van der Waals surface area contributed by atoms with E-state index >= 15 is 0 Å². The molecular formula is C10H18O. The molecule has 0 heterocycles. The molecule has 64 valence electrons. The highest BCUT2D eigenvalue weighted by molar-refractivity contribution is 4.87. The molecule has 11 heavy (non-hydrogen) atoms. The fraction of sp³-hybridized carbons (Fsp3) is 1.00. The van der Waals surface area contributed by atoms with Crippen LogP contribution in [0.5, 0.6) is 0 Å². The maximum absolute atomic E-state index is 5.51. The van der Waals surface area contributed by atoms with Crippen LogP contribution in [0.25, 0.3) is 0 Å². The SMILES string of the molecule is COC1CCCC2CCCC21. The molecule has 2 aliphatic rings. The van der Waals surface area contributed by atoms with Crippen LogP contribution in [0, 0.1) is 11.8 Å². The number of hydrogen-bond acceptors (Lipinski definition) is 1. The van der Waals surface area contributed by atoms with E-state index in [2.05, 4.69) is 0 Å². The Labute approximate surface area is 69.1 Å². The number of ether oxygens (including phenoxy) is 1. The Morgan fingerprint density at radius 1 is 1.00 bits per heavy atom. The van der Waals surface area contributed by atoms with E-state index in [4.69, 9.17) is 4.74 Å². The molecule has 0 aromatic rings. The zero-order valence-electron chi connectivity index (χ0n) is 7.38. The number of rotatable bonds is 1. The van der Waals surface area contributed by atoms with E-state index in [1.165, 1.54) is 38.5 Å². The summed E-state index contributed by atoms with van der Waals surface area (Å²) in [6, 6.07) is 0. The van der Waals surface area contributed by atoms with Crippen molar-refractivity contribution in [3.05, 3.63) is 0 Å². The molecule has 0 spiro atoms. The van der Waals surface area contributed by atoms with E-state index in [0.717, 1.165) is 11.8 Å². The molecule has 3 atom stereocenters. The average Bonchev–Trinajstić information content (AvgIpc) is 2.50. The van der Waals surface area contributed by atoms with Crippen LogP contribution in [-0.4, -0.2) is 13.2 Å². The van der Waals surface area contributed by atoms with Gasteiger partial charge in [-0.05, 0) is 31.1 Å². The third kappa shape index (κ3) is 1.31. The van der Waals surface area contributed by atoms with Gasteiger partial charge in [0.05, 0.1) is 6.10 Å². The van der Waals surface area contributed by atoms with Crippen molar-refractivity contribution in [1.29, 1.82) is 0 Å². The standard InChI is InChI=1S/C10H18O/c1-11-10-7-3-5-8-4-2-6-9(8)10/h8-10H,2-7H2,1H3. The van der Waals surface area contributed by atoms with Gasteiger partial charge in [0.15, 0.2) is 0 Å². The number of fused-ring (bicyclic) bond motifs is 1. The summed E-state index contributed by atoms with van der Waals surface area (Å²) >= 11 is 0. The smallest absolute Gasteiger partial charge is 0.0602 e. The lowest BCUT2D eigenvalue weighted by Crippen LogP contribution is -2.30. The molecule has 0 bridgehead atoms. The highest BCUT2D eigenvalue weighted by atomic mass is 16.5. The molecule has 0 aromatic carbocycles. The fourth-order valence-corrected chi connectivity index (χ4v) is 3.00. The highest BCUT2D eigenvalue weighted by Gasteiger charge is 2.36. The molecule has 0 saturated heterocycles. The molecule has 0 aliphatic heterocycles. The molecule has 1 nitrogen and oxygen atoms in total. The molecule has 1 heteroatoms. The summed E-state index contributed by atoms with van der Waals surface area (Å²) < 4.78 is 5.51. The van der Waals surface area contributed by atoms with E-state index < -0.39 is 0 Å². The van der Waals surface area contributed by atoms with Crippen molar-refractivity contribution in [2.24, 2.45) is 11.8 Å². The topological polar surface area (TPSA) is 9.23 Å². The Morgan fingerprint density at radius 2 is 1.73 bits per heavy atom. The lowest BCUT2D eigenvalue weighted by Gasteiger charge is -2.32. The van der Waals surface area contributed by atoms with E-state index in [1.807, 2.05) is 7.11 Å². The number of methoxy groups -OCH3 is 1. The first-order valence-electron chi connectivity index (χ1n) is 4.94.